The first-order valence-electron chi connectivity index (χ1n) is 6.14. The van der Waals surface area contributed by atoms with E-state index in [0.717, 1.165) is 13.0 Å². The molecule has 1 saturated heterocycles. The minimum Gasteiger partial charge on any atom is -0.481 e. The summed E-state index contributed by atoms with van der Waals surface area (Å²) >= 11 is 0. The van der Waals surface area contributed by atoms with Crippen LogP contribution in [-0.4, -0.2) is 28.6 Å². The van der Waals surface area contributed by atoms with Crippen molar-refractivity contribution < 1.29 is 9.90 Å². The van der Waals surface area contributed by atoms with Crippen molar-refractivity contribution in [3.05, 3.63) is 35.9 Å². The molecular weight excluding hydrogens is 214 g/mol. The van der Waals surface area contributed by atoms with E-state index >= 15 is 0 Å². The fourth-order valence-corrected chi connectivity index (χ4v) is 2.76. The van der Waals surface area contributed by atoms with Gasteiger partial charge in [-0.1, -0.05) is 30.3 Å². The molecule has 1 heterocycles. The molecule has 2 unspecified atom stereocenters. The highest BCUT2D eigenvalue weighted by Gasteiger charge is 2.37. The second kappa shape index (κ2) is 4.88. The number of likely N-dealkylation sites (tertiary alicyclic amines) is 1. The third-order valence-electron chi connectivity index (χ3n) is 3.90. The zero-order valence-electron chi connectivity index (χ0n) is 10.3. The summed E-state index contributed by atoms with van der Waals surface area (Å²) in [5.41, 5.74) is 1.25. The molecule has 0 aliphatic carbocycles. The van der Waals surface area contributed by atoms with Gasteiger partial charge >= 0.3 is 5.97 Å². The first kappa shape index (κ1) is 12.1. The Bertz CT molecular complexity index is 390. The molecular formula is C14H19NO2. The van der Waals surface area contributed by atoms with Crippen molar-refractivity contribution in [1.82, 2.24) is 4.90 Å². The normalized spacial score (nSPS) is 26.9. The Kier molecular flexibility index (Phi) is 3.48. The third-order valence-corrected chi connectivity index (χ3v) is 3.90. The number of nitrogens with zero attached hydrogens (tertiary/aromatic N) is 1. The van der Waals surface area contributed by atoms with Crippen molar-refractivity contribution in [3.8, 4) is 0 Å². The van der Waals surface area contributed by atoms with Crippen LogP contribution >= 0.6 is 0 Å². The van der Waals surface area contributed by atoms with Crippen LogP contribution in [0.3, 0.4) is 0 Å². The van der Waals surface area contributed by atoms with E-state index in [1.807, 2.05) is 25.1 Å². The van der Waals surface area contributed by atoms with E-state index in [1.165, 1.54) is 5.56 Å². The minimum atomic E-state index is -0.666. The minimum absolute atomic E-state index is 0.114. The molecule has 2 rings (SSSR count). The lowest BCUT2D eigenvalue weighted by molar-refractivity contribution is -0.142. The van der Waals surface area contributed by atoms with Crippen LogP contribution in [0.2, 0.25) is 0 Å². The number of hydrogen-bond donors (Lipinski definition) is 1. The molecule has 0 bridgehead atoms. The largest absolute Gasteiger partial charge is 0.481 e. The number of rotatable bonds is 3. The Hall–Kier alpha value is -1.35. The van der Waals surface area contributed by atoms with Gasteiger partial charge < -0.3 is 5.11 Å². The molecule has 0 amide bonds. The van der Waals surface area contributed by atoms with Gasteiger partial charge in [0.1, 0.15) is 0 Å². The second-order valence-electron chi connectivity index (χ2n) is 4.80. The highest BCUT2D eigenvalue weighted by molar-refractivity contribution is 5.71. The molecule has 0 spiro atoms. The Balaban J connectivity index is 2.12. The van der Waals surface area contributed by atoms with Crippen molar-refractivity contribution >= 4 is 5.97 Å². The maximum atomic E-state index is 11.1. The van der Waals surface area contributed by atoms with E-state index in [4.69, 9.17) is 5.11 Å². The molecule has 0 saturated carbocycles. The van der Waals surface area contributed by atoms with Gasteiger partial charge in [0.15, 0.2) is 0 Å². The van der Waals surface area contributed by atoms with Crippen molar-refractivity contribution in [1.29, 1.82) is 0 Å². The van der Waals surface area contributed by atoms with Crippen LogP contribution in [0.15, 0.2) is 30.3 Å². The molecule has 1 aliphatic rings. The predicted molar refractivity (Wildman–Crippen MR) is 66.8 cm³/mol. The lowest BCUT2D eigenvalue weighted by atomic mass is 10.0. The highest BCUT2D eigenvalue weighted by Crippen LogP contribution is 2.32. The standard InChI is InChI=1S/C14H19NO2/c1-10(12-6-4-3-5-7-12)15-9-8-13(11(15)2)14(16)17/h3-7,10-11,13H,8-9H2,1-2H3,(H,16,17)/t10?,11-,13?/m0/s1. The topological polar surface area (TPSA) is 40.5 Å². The molecule has 3 nitrogen and oxygen atoms in total. The van der Waals surface area contributed by atoms with Crippen LogP contribution in [0.25, 0.3) is 0 Å². The summed E-state index contributed by atoms with van der Waals surface area (Å²) in [6.07, 6.45) is 0.758. The van der Waals surface area contributed by atoms with E-state index in [1.54, 1.807) is 0 Å². The maximum Gasteiger partial charge on any atom is 0.308 e. The molecule has 1 aromatic carbocycles. The van der Waals surface area contributed by atoms with Crippen molar-refractivity contribution in [2.24, 2.45) is 5.92 Å². The maximum absolute atomic E-state index is 11.1. The van der Waals surface area contributed by atoms with E-state index in [9.17, 15) is 4.79 Å². The van der Waals surface area contributed by atoms with E-state index in [0.29, 0.717) is 0 Å². The number of carboxylic acid groups (broad SMARTS) is 1. The molecule has 0 aromatic heterocycles. The number of aliphatic carboxylic acids is 1. The van der Waals surface area contributed by atoms with Crippen molar-refractivity contribution in [2.45, 2.75) is 32.4 Å². The monoisotopic (exact) mass is 233 g/mol. The van der Waals surface area contributed by atoms with E-state index in [2.05, 4.69) is 24.0 Å². The van der Waals surface area contributed by atoms with Crippen LogP contribution in [0.5, 0.6) is 0 Å². The molecule has 1 N–H and O–H groups in total. The van der Waals surface area contributed by atoms with Gasteiger partial charge in [-0.2, -0.15) is 0 Å². The van der Waals surface area contributed by atoms with Gasteiger partial charge in [-0.15, -0.1) is 0 Å². The van der Waals surface area contributed by atoms with Crippen LogP contribution in [0.1, 0.15) is 31.9 Å². The Morgan fingerprint density at radius 2 is 2.06 bits per heavy atom. The number of carbonyl (C=O) groups is 1. The molecule has 3 atom stereocenters. The lowest BCUT2D eigenvalue weighted by Crippen LogP contribution is -2.34. The molecule has 1 fully saturated rings. The average Bonchev–Trinajstić information content (AvgIpc) is 2.71. The smallest absolute Gasteiger partial charge is 0.308 e. The number of hydrogen-bond acceptors (Lipinski definition) is 2. The van der Waals surface area contributed by atoms with Crippen LogP contribution < -0.4 is 0 Å². The summed E-state index contributed by atoms with van der Waals surface area (Å²) in [6.45, 7) is 5.04. The Morgan fingerprint density at radius 1 is 1.41 bits per heavy atom. The van der Waals surface area contributed by atoms with E-state index in [-0.39, 0.29) is 18.0 Å². The molecule has 3 heteroatoms. The van der Waals surface area contributed by atoms with Crippen LogP contribution in [0.4, 0.5) is 0 Å². The van der Waals surface area contributed by atoms with Gasteiger partial charge in [0, 0.05) is 12.1 Å². The molecule has 0 radical (unpaired) electrons. The Labute approximate surface area is 102 Å². The summed E-state index contributed by atoms with van der Waals surface area (Å²) in [6, 6.07) is 10.7. The van der Waals surface area contributed by atoms with Gasteiger partial charge in [0.25, 0.3) is 0 Å². The number of carboxylic acids is 1. The fraction of sp³-hybridized carbons (Fsp3) is 0.500. The summed E-state index contributed by atoms with van der Waals surface area (Å²) < 4.78 is 0. The highest BCUT2D eigenvalue weighted by atomic mass is 16.4. The Morgan fingerprint density at radius 3 is 2.59 bits per heavy atom. The summed E-state index contributed by atoms with van der Waals surface area (Å²) in [7, 11) is 0. The van der Waals surface area contributed by atoms with E-state index < -0.39 is 5.97 Å². The van der Waals surface area contributed by atoms with Gasteiger partial charge in [-0.3, -0.25) is 9.69 Å². The van der Waals surface area contributed by atoms with Gasteiger partial charge in [0.05, 0.1) is 5.92 Å². The van der Waals surface area contributed by atoms with Gasteiger partial charge in [-0.25, -0.2) is 0 Å². The van der Waals surface area contributed by atoms with Crippen LogP contribution in [0, 0.1) is 5.92 Å². The second-order valence-corrected chi connectivity index (χ2v) is 4.80. The SMILES string of the molecule is CC(c1ccccc1)N1CCC(C(=O)O)[C@@H]1C. The lowest BCUT2D eigenvalue weighted by Gasteiger charge is -2.29. The summed E-state index contributed by atoms with van der Waals surface area (Å²) in [4.78, 5) is 13.4. The third kappa shape index (κ3) is 2.34. The molecule has 17 heavy (non-hydrogen) atoms. The fourth-order valence-electron chi connectivity index (χ4n) is 2.76. The van der Waals surface area contributed by atoms with Crippen molar-refractivity contribution in [3.63, 3.8) is 0 Å². The summed E-state index contributed by atoms with van der Waals surface area (Å²) in [5, 5.41) is 9.13. The van der Waals surface area contributed by atoms with Crippen LogP contribution in [-0.2, 0) is 4.79 Å². The predicted octanol–water partition coefficient (Wildman–Crippen LogP) is 2.54. The van der Waals surface area contributed by atoms with Gasteiger partial charge in [0.2, 0.25) is 0 Å². The first-order chi connectivity index (χ1) is 8.11. The average molecular weight is 233 g/mol. The number of benzene rings is 1. The zero-order valence-corrected chi connectivity index (χ0v) is 10.3. The zero-order chi connectivity index (χ0) is 12.4. The van der Waals surface area contributed by atoms with Gasteiger partial charge in [-0.05, 0) is 32.4 Å². The van der Waals surface area contributed by atoms with Crippen molar-refractivity contribution in [2.75, 3.05) is 6.54 Å². The first-order valence-corrected chi connectivity index (χ1v) is 6.14. The molecule has 1 aliphatic heterocycles. The molecule has 1 aromatic rings. The molecule has 92 valence electrons. The summed E-state index contributed by atoms with van der Waals surface area (Å²) in [5.74, 6) is -0.888. The quantitative estimate of drug-likeness (QED) is 0.872.